The molecule has 2 rings (SSSR count). The van der Waals surface area contributed by atoms with Crippen LogP contribution in [0.5, 0.6) is 0 Å². The highest BCUT2D eigenvalue weighted by Crippen LogP contribution is 2.29. The van der Waals surface area contributed by atoms with Crippen molar-refractivity contribution >= 4 is 21.8 Å². The fourth-order valence-electron chi connectivity index (χ4n) is 1.82. The molecule has 2 aromatic carbocycles. The Morgan fingerprint density at radius 3 is 2.15 bits per heavy atom. The van der Waals surface area contributed by atoms with Gasteiger partial charge in [0.05, 0.1) is 4.90 Å². The van der Waals surface area contributed by atoms with Crippen molar-refractivity contribution < 1.29 is 8.42 Å². The zero-order valence-corrected chi connectivity index (χ0v) is 11.7. The summed E-state index contributed by atoms with van der Waals surface area (Å²) in [4.78, 5) is 0.0630. The van der Waals surface area contributed by atoms with Crippen LogP contribution in [0.15, 0.2) is 53.9 Å². The van der Waals surface area contributed by atoms with Crippen LogP contribution in [0.1, 0.15) is 5.56 Å². The van der Waals surface area contributed by atoms with Crippen LogP contribution in [0.3, 0.4) is 0 Å². The quantitative estimate of drug-likeness (QED) is 0.751. The predicted octanol–water partition coefficient (Wildman–Crippen LogP) is 2.39. The Balaban J connectivity index is 0.00000200. The monoisotopic (exact) mass is 291 g/mol. The first-order chi connectivity index (χ1) is 8.91. The summed E-state index contributed by atoms with van der Waals surface area (Å²) in [6, 6.07) is 11.8. The molecule has 0 saturated heterocycles. The van der Waals surface area contributed by atoms with E-state index in [9.17, 15) is 8.42 Å². The molecule has 0 saturated carbocycles. The average Bonchev–Trinajstić information content (AvgIpc) is 2.37. The molecule has 0 aromatic heterocycles. The largest absolute Gasteiger partial charge is 0.399 e. The maximum atomic E-state index is 11.6. The van der Waals surface area contributed by atoms with Gasteiger partial charge in [0, 0.05) is 11.3 Å². The lowest BCUT2D eigenvalue weighted by Gasteiger charge is -2.09. The summed E-state index contributed by atoms with van der Waals surface area (Å²) in [6.45, 7) is 3.67. The third-order valence-corrected chi connectivity index (χ3v) is 3.74. The number of hydrogen-bond acceptors (Lipinski definition) is 4. The average molecular weight is 291 g/mol. The summed E-state index contributed by atoms with van der Waals surface area (Å²) in [5.74, 6) is 0. The van der Waals surface area contributed by atoms with Gasteiger partial charge in [-0.1, -0.05) is 36.9 Å². The standard InChI is InChI=1S/C14H14N2O2S.H3N/c1-2-10-3-5-11(6-4-10)13-9-12(15)7-8-14(13)19(16,17)18;/h2-9H,1,15H2,(H2,16,17,18);1H3. The van der Waals surface area contributed by atoms with Gasteiger partial charge in [0.2, 0.25) is 10.0 Å². The van der Waals surface area contributed by atoms with Crippen molar-refractivity contribution in [1.29, 1.82) is 0 Å². The molecule has 0 heterocycles. The molecule has 6 heteroatoms. The third kappa shape index (κ3) is 3.24. The van der Waals surface area contributed by atoms with E-state index in [1.807, 2.05) is 12.1 Å². The molecule has 0 fully saturated rings. The smallest absolute Gasteiger partial charge is 0.238 e. The van der Waals surface area contributed by atoms with E-state index in [1.165, 1.54) is 12.1 Å². The van der Waals surface area contributed by atoms with Crippen molar-refractivity contribution in [2.24, 2.45) is 5.14 Å². The van der Waals surface area contributed by atoms with Crippen LogP contribution in [-0.4, -0.2) is 8.42 Å². The minimum atomic E-state index is -3.79. The summed E-state index contributed by atoms with van der Waals surface area (Å²) in [6.07, 6.45) is 1.71. The number of sulfonamides is 1. The first-order valence-electron chi connectivity index (χ1n) is 5.57. The molecular weight excluding hydrogens is 274 g/mol. The van der Waals surface area contributed by atoms with Gasteiger partial charge in [0.15, 0.2) is 0 Å². The van der Waals surface area contributed by atoms with Gasteiger partial charge in [0.1, 0.15) is 0 Å². The Morgan fingerprint density at radius 1 is 1.05 bits per heavy atom. The number of rotatable bonds is 3. The summed E-state index contributed by atoms with van der Waals surface area (Å²) < 4.78 is 23.2. The first-order valence-corrected chi connectivity index (χ1v) is 7.11. The number of anilines is 1. The zero-order valence-electron chi connectivity index (χ0n) is 10.9. The number of nitrogen functional groups attached to an aromatic ring is 1. The van der Waals surface area contributed by atoms with Crippen LogP contribution in [-0.2, 0) is 10.0 Å². The van der Waals surface area contributed by atoms with E-state index in [1.54, 1.807) is 24.3 Å². The third-order valence-electron chi connectivity index (χ3n) is 2.77. The molecule has 0 aliphatic rings. The van der Waals surface area contributed by atoms with Crippen molar-refractivity contribution in [1.82, 2.24) is 6.15 Å². The van der Waals surface area contributed by atoms with E-state index in [4.69, 9.17) is 10.9 Å². The van der Waals surface area contributed by atoms with Crippen molar-refractivity contribution in [3.63, 3.8) is 0 Å². The second-order valence-electron chi connectivity index (χ2n) is 4.13. The van der Waals surface area contributed by atoms with Crippen molar-refractivity contribution in [3.8, 4) is 11.1 Å². The van der Waals surface area contributed by atoms with Crippen LogP contribution in [0.2, 0.25) is 0 Å². The lowest BCUT2D eigenvalue weighted by atomic mass is 10.0. The normalized spacial score (nSPS) is 10.7. The maximum Gasteiger partial charge on any atom is 0.238 e. The van der Waals surface area contributed by atoms with E-state index < -0.39 is 10.0 Å². The zero-order chi connectivity index (χ0) is 14.0. The lowest BCUT2D eigenvalue weighted by Crippen LogP contribution is -2.13. The number of nitrogens with two attached hydrogens (primary N) is 2. The fraction of sp³-hybridized carbons (Fsp3) is 0. The van der Waals surface area contributed by atoms with E-state index in [-0.39, 0.29) is 11.0 Å². The molecule has 0 aliphatic carbocycles. The molecule has 20 heavy (non-hydrogen) atoms. The van der Waals surface area contributed by atoms with Gasteiger partial charge in [-0.25, -0.2) is 13.6 Å². The molecule has 7 N–H and O–H groups in total. The van der Waals surface area contributed by atoms with Crippen molar-refractivity contribution in [2.75, 3.05) is 5.73 Å². The highest BCUT2D eigenvalue weighted by molar-refractivity contribution is 7.89. The Kier molecular flexibility index (Phi) is 4.67. The molecular formula is C14H17N3O2S. The van der Waals surface area contributed by atoms with E-state index >= 15 is 0 Å². The van der Waals surface area contributed by atoms with Gasteiger partial charge in [-0.3, -0.25) is 0 Å². The summed E-state index contributed by atoms with van der Waals surface area (Å²) in [7, 11) is -3.79. The molecule has 0 atom stereocenters. The second kappa shape index (κ2) is 5.87. The Bertz CT molecular complexity index is 723. The van der Waals surface area contributed by atoms with Gasteiger partial charge in [-0.15, -0.1) is 0 Å². The van der Waals surface area contributed by atoms with Gasteiger partial charge >= 0.3 is 0 Å². The highest BCUT2D eigenvalue weighted by atomic mass is 32.2. The van der Waals surface area contributed by atoms with Crippen LogP contribution >= 0.6 is 0 Å². The molecule has 5 nitrogen and oxygen atoms in total. The number of primary sulfonamides is 1. The highest BCUT2D eigenvalue weighted by Gasteiger charge is 2.15. The molecule has 0 radical (unpaired) electrons. The van der Waals surface area contributed by atoms with Gasteiger partial charge < -0.3 is 11.9 Å². The molecule has 0 amide bonds. The lowest BCUT2D eigenvalue weighted by molar-refractivity contribution is 0.598. The van der Waals surface area contributed by atoms with Crippen LogP contribution in [0.25, 0.3) is 17.2 Å². The van der Waals surface area contributed by atoms with Crippen molar-refractivity contribution in [3.05, 3.63) is 54.6 Å². The Labute approximate surface area is 118 Å². The van der Waals surface area contributed by atoms with E-state index in [0.717, 1.165) is 11.1 Å². The van der Waals surface area contributed by atoms with Crippen LogP contribution in [0.4, 0.5) is 5.69 Å². The first kappa shape index (κ1) is 15.9. The van der Waals surface area contributed by atoms with Gasteiger partial charge in [-0.05, 0) is 29.3 Å². The van der Waals surface area contributed by atoms with Crippen LogP contribution < -0.4 is 17.0 Å². The predicted molar refractivity (Wildman–Crippen MR) is 82.8 cm³/mol. The van der Waals surface area contributed by atoms with Crippen molar-refractivity contribution in [2.45, 2.75) is 4.90 Å². The topological polar surface area (TPSA) is 121 Å². The van der Waals surface area contributed by atoms with Gasteiger partial charge in [-0.2, -0.15) is 0 Å². The number of hydrogen-bond donors (Lipinski definition) is 3. The molecule has 0 aliphatic heterocycles. The Morgan fingerprint density at radius 2 is 1.65 bits per heavy atom. The summed E-state index contributed by atoms with van der Waals surface area (Å²) >= 11 is 0. The minimum absolute atomic E-state index is 0. The number of benzene rings is 2. The van der Waals surface area contributed by atoms with E-state index in [2.05, 4.69) is 6.58 Å². The Hall–Kier alpha value is -2.15. The van der Waals surface area contributed by atoms with E-state index in [0.29, 0.717) is 11.3 Å². The van der Waals surface area contributed by atoms with Crippen LogP contribution in [0, 0.1) is 0 Å². The summed E-state index contributed by atoms with van der Waals surface area (Å²) in [5, 5.41) is 5.22. The molecule has 0 spiro atoms. The summed E-state index contributed by atoms with van der Waals surface area (Å²) in [5.41, 5.74) is 8.38. The molecule has 0 bridgehead atoms. The van der Waals surface area contributed by atoms with Gasteiger partial charge in [0.25, 0.3) is 0 Å². The second-order valence-corrected chi connectivity index (χ2v) is 5.66. The molecule has 106 valence electrons. The SMILES string of the molecule is C=Cc1ccc(-c2cc(N)ccc2S(N)(=O)=O)cc1.N. The maximum absolute atomic E-state index is 11.6. The minimum Gasteiger partial charge on any atom is -0.399 e. The molecule has 0 unspecified atom stereocenters. The molecule has 2 aromatic rings. The fourth-order valence-corrected chi connectivity index (χ4v) is 2.56.